The number of rotatable bonds is 4. The van der Waals surface area contributed by atoms with Crippen molar-refractivity contribution in [2.75, 3.05) is 20.3 Å². The molecule has 0 amide bonds. The summed E-state index contributed by atoms with van der Waals surface area (Å²) in [4.78, 5) is 0. The molecule has 2 atom stereocenters. The Kier molecular flexibility index (Phi) is 4.09. The van der Waals surface area contributed by atoms with Crippen molar-refractivity contribution < 1.29 is 9.47 Å². The highest BCUT2D eigenvalue weighted by Crippen LogP contribution is 2.35. The molecule has 1 heterocycles. The van der Waals surface area contributed by atoms with Crippen molar-refractivity contribution in [1.29, 1.82) is 0 Å². The van der Waals surface area contributed by atoms with E-state index in [1.807, 2.05) is 14.0 Å². The molecular formula is C14H22N2O2. The molecule has 0 radical (unpaired) electrons. The number of aryl methyl sites for hydroxylation is 1. The number of benzene rings is 1. The Hall–Kier alpha value is -1.26. The lowest BCUT2D eigenvalue weighted by molar-refractivity contribution is 0.171. The van der Waals surface area contributed by atoms with Gasteiger partial charge in [0, 0.05) is 12.1 Å². The smallest absolute Gasteiger partial charge is 0.161 e. The van der Waals surface area contributed by atoms with Gasteiger partial charge in [0.05, 0.1) is 0 Å². The molecular weight excluding hydrogens is 228 g/mol. The normalized spacial score (nSPS) is 17.3. The molecule has 1 aromatic rings. The Morgan fingerprint density at radius 2 is 1.89 bits per heavy atom. The minimum absolute atomic E-state index is 0.162. The second-order valence-electron chi connectivity index (χ2n) is 4.91. The van der Waals surface area contributed by atoms with E-state index in [1.165, 1.54) is 11.1 Å². The van der Waals surface area contributed by atoms with E-state index in [4.69, 9.17) is 15.2 Å². The van der Waals surface area contributed by atoms with E-state index < -0.39 is 0 Å². The van der Waals surface area contributed by atoms with Crippen molar-refractivity contribution in [3.63, 3.8) is 0 Å². The Bertz CT molecular complexity index is 419. The third-order valence-corrected chi connectivity index (χ3v) is 3.26. The number of hydrogen-bond acceptors (Lipinski definition) is 4. The van der Waals surface area contributed by atoms with Crippen molar-refractivity contribution in [3.05, 3.63) is 23.3 Å². The van der Waals surface area contributed by atoms with E-state index in [2.05, 4.69) is 24.4 Å². The maximum Gasteiger partial charge on any atom is 0.161 e. The van der Waals surface area contributed by atoms with Gasteiger partial charge in [0.1, 0.15) is 13.2 Å². The predicted molar refractivity (Wildman–Crippen MR) is 72.2 cm³/mol. The van der Waals surface area contributed by atoms with Gasteiger partial charge in [-0.3, -0.25) is 0 Å². The molecule has 18 heavy (non-hydrogen) atoms. The van der Waals surface area contributed by atoms with Crippen LogP contribution < -0.4 is 20.5 Å². The fraction of sp³-hybridized carbons (Fsp3) is 0.571. The van der Waals surface area contributed by atoms with Gasteiger partial charge in [-0.1, -0.05) is 0 Å². The molecule has 0 aromatic heterocycles. The van der Waals surface area contributed by atoms with Crippen LogP contribution in [0, 0.1) is 6.92 Å². The lowest BCUT2D eigenvalue weighted by atomic mass is 9.95. The minimum Gasteiger partial charge on any atom is -0.486 e. The standard InChI is InChI=1S/C14H22N2O2/c1-9-6-13-14(18-5-4-17-13)8-11(9)12(16-3)7-10(2)15/h6,8,10,12,16H,4-5,7,15H2,1-3H3. The summed E-state index contributed by atoms with van der Waals surface area (Å²) in [6.07, 6.45) is 0.900. The Morgan fingerprint density at radius 1 is 1.28 bits per heavy atom. The largest absolute Gasteiger partial charge is 0.486 e. The zero-order valence-corrected chi connectivity index (χ0v) is 11.3. The molecule has 100 valence electrons. The molecule has 2 unspecified atom stereocenters. The lowest BCUT2D eigenvalue weighted by Crippen LogP contribution is -2.26. The van der Waals surface area contributed by atoms with Gasteiger partial charge in [0.25, 0.3) is 0 Å². The van der Waals surface area contributed by atoms with Crippen LogP contribution in [0.15, 0.2) is 12.1 Å². The third kappa shape index (κ3) is 2.76. The molecule has 4 heteroatoms. The highest BCUT2D eigenvalue weighted by atomic mass is 16.6. The van der Waals surface area contributed by atoms with E-state index in [0.29, 0.717) is 13.2 Å². The summed E-state index contributed by atoms with van der Waals surface area (Å²) in [6, 6.07) is 4.54. The van der Waals surface area contributed by atoms with Gasteiger partial charge in [-0.25, -0.2) is 0 Å². The Labute approximate surface area is 108 Å². The van der Waals surface area contributed by atoms with Crippen molar-refractivity contribution >= 4 is 0 Å². The molecule has 1 aromatic carbocycles. The van der Waals surface area contributed by atoms with Crippen LogP contribution in [0.25, 0.3) is 0 Å². The monoisotopic (exact) mass is 250 g/mol. The van der Waals surface area contributed by atoms with E-state index >= 15 is 0 Å². The molecule has 0 aliphatic carbocycles. The number of ether oxygens (including phenoxy) is 2. The van der Waals surface area contributed by atoms with Crippen LogP contribution in [0.5, 0.6) is 11.5 Å². The molecule has 0 spiro atoms. The van der Waals surface area contributed by atoms with Crippen molar-refractivity contribution in [2.24, 2.45) is 5.73 Å². The van der Waals surface area contributed by atoms with E-state index in [1.54, 1.807) is 0 Å². The van der Waals surface area contributed by atoms with Gasteiger partial charge in [-0.15, -0.1) is 0 Å². The Morgan fingerprint density at radius 3 is 2.44 bits per heavy atom. The summed E-state index contributed by atoms with van der Waals surface area (Å²) >= 11 is 0. The molecule has 2 rings (SSSR count). The van der Waals surface area contributed by atoms with Gasteiger partial charge in [0.15, 0.2) is 11.5 Å². The summed E-state index contributed by atoms with van der Waals surface area (Å²) in [5.41, 5.74) is 8.34. The summed E-state index contributed by atoms with van der Waals surface area (Å²) in [5, 5.41) is 3.32. The maximum absolute atomic E-state index is 5.90. The first-order valence-electron chi connectivity index (χ1n) is 6.44. The molecule has 0 saturated heterocycles. The van der Waals surface area contributed by atoms with Gasteiger partial charge < -0.3 is 20.5 Å². The zero-order valence-electron chi connectivity index (χ0n) is 11.3. The lowest BCUT2D eigenvalue weighted by Gasteiger charge is -2.25. The highest BCUT2D eigenvalue weighted by molar-refractivity contribution is 5.48. The first-order chi connectivity index (χ1) is 8.61. The summed E-state index contributed by atoms with van der Waals surface area (Å²) in [5.74, 6) is 1.69. The number of fused-ring (bicyclic) bond motifs is 1. The summed E-state index contributed by atoms with van der Waals surface area (Å²) in [6.45, 7) is 5.37. The zero-order chi connectivity index (χ0) is 13.1. The van der Waals surface area contributed by atoms with Crippen LogP contribution in [0.3, 0.4) is 0 Å². The first kappa shape index (κ1) is 13.2. The van der Waals surface area contributed by atoms with Crippen LogP contribution >= 0.6 is 0 Å². The minimum atomic E-state index is 0.162. The average molecular weight is 250 g/mol. The van der Waals surface area contributed by atoms with E-state index in [0.717, 1.165) is 17.9 Å². The second kappa shape index (κ2) is 5.59. The van der Waals surface area contributed by atoms with Crippen molar-refractivity contribution in [3.8, 4) is 11.5 Å². The molecule has 3 N–H and O–H groups in total. The van der Waals surface area contributed by atoms with Gasteiger partial charge in [-0.05, 0) is 50.6 Å². The van der Waals surface area contributed by atoms with Crippen molar-refractivity contribution in [1.82, 2.24) is 5.32 Å². The molecule has 0 saturated carbocycles. The predicted octanol–water partition coefficient (Wildman–Crippen LogP) is 1.76. The first-order valence-corrected chi connectivity index (χ1v) is 6.44. The third-order valence-electron chi connectivity index (χ3n) is 3.26. The van der Waals surface area contributed by atoms with Crippen LogP contribution in [0.2, 0.25) is 0 Å². The van der Waals surface area contributed by atoms with Crippen LogP contribution in [-0.2, 0) is 0 Å². The molecule has 1 aliphatic rings. The molecule has 4 nitrogen and oxygen atoms in total. The Balaban J connectivity index is 2.31. The second-order valence-corrected chi connectivity index (χ2v) is 4.91. The van der Waals surface area contributed by atoms with Gasteiger partial charge in [-0.2, -0.15) is 0 Å². The summed E-state index contributed by atoms with van der Waals surface area (Å²) in [7, 11) is 1.96. The summed E-state index contributed by atoms with van der Waals surface area (Å²) < 4.78 is 11.2. The maximum atomic E-state index is 5.90. The number of nitrogens with two attached hydrogens (primary N) is 1. The number of hydrogen-bond donors (Lipinski definition) is 2. The molecule has 1 aliphatic heterocycles. The fourth-order valence-corrected chi connectivity index (χ4v) is 2.35. The SMILES string of the molecule is CNC(CC(C)N)c1cc2c(cc1C)OCCO2. The molecule has 0 fully saturated rings. The average Bonchev–Trinajstić information content (AvgIpc) is 2.35. The van der Waals surface area contributed by atoms with Crippen LogP contribution in [-0.4, -0.2) is 26.3 Å². The van der Waals surface area contributed by atoms with Gasteiger partial charge >= 0.3 is 0 Å². The quantitative estimate of drug-likeness (QED) is 0.855. The van der Waals surface area contributed by atoms with Crippen molar-refractivity contribution in [2.45, 2.75) is 32.4 Å². The van der Waals surface area contributed by atoms with E-state index in [-0.39, 0.29) is 12.1 Å². The molecule has 0 bridgehead atoms. The number of nitrogens with one attached hydrogen (secondary N) is 1. The highest BCUT2D eigenvalue weighted by Gasteiger charge is 2.19. The fourth-order valence-electron chi connectivity index (χ4n) is 2.35. The van der Waals surface area contributed by atoms with Crippen LogP contribution in [0.4, 0.5) is 0 Å². The van der Waals surface area contributed by atoms with Gasteiger partial charge in [0.2, 0.25) is 0 Å². The van der Waals surface area contributed by atoms with E-state index in [9.17, 15) is 0 Å². The topological polar surface area (TPSA) is 56.5 Å². The van der Waals surface area contributed by atoms with Crippen LogP contribution in [0.1, 0.15) is 30.5 Å².